The van der Waals surface area contributed by atoms with Gasteiger partial charge >= 0.3 is 0 Å². The van der Waals surface area contributed by atoms with Crippen LogP contribution in [0.1, 0.15) is 0 Å². The van der Waals surface area contributed by atoms with Gasteiger partial charge in [0.2, 0.25) is 0 Å². The average molecular weight is 164 g/mol. The maximum atomic E-state index is 12.9. The molecule has 1 heterocycles. The average Bonchev–Trinajstić information content (AvgIpc) is 2.13. The molecule has 1 unspecified atom stereocenters. The predicted molar refractivity (Wildman–Crippen MR) is 36.4 cm³/mol. The van der Waals surface area contributed by atoms with E-state index in [2.05, 4.69) is 4.74 Å². The van der Waals surface area contributed by atoms with Gasteiger partial charge in [-0.1, -0.05) is 0 Å². The van der Waals surface area contributed by atoms with Crippen LogP contribution in [0.15, 0.2) is 0 Å². The normalized spacial score (nSPS) is 51.5. The quantitative estimate of drug-likeness (QED) is 0.370. The van der Waals surface area contributed by atoms with Crippen molar-refractivity contribution in [1.29, 1.82) is 0 Å². The zero-order valence-corrected chi connectivity index (χ0v) is 6.07. The van der Waals surface area contributed by atoms with Crippen LogP contribution < -0.4 is 0 Å². The molecule has 1 aliphatic heterocycles. The molecule has 0 bridgehead atoms. The lowest BCUT2D eigenvalue weighted by molar-refractivity contribution is -0.117. The van der Waals surface area contributed by atoms with E-state index in [0.717, 1.165) is 7.85 Å². The lowest BCUT2D eigenvalue weighted by Gasteiger charge is -2.16. The van der Waals surface area contributed by atoms with Crippen molar-refractivity contribution in [1.82, 2.24) is 0 Å². The van der Waals surface area contributed by atoms with Crippen molar-refractivity contribution in [3.8, 4) is 0 Å². The zero-order chi connectivity index (χ0) is 8.65. The van der Waals surface area contributed by atoms with Gasteiger partial charge < -0.3 is 20.1 Å². The van der Waals surface area contributed by atoms with E-state index in [1.54, 1.807) is 0 Å². The van der Waals surface area contributed by atoms with Crippen molar-refractivity contribution in [2.45, 2.75) is 24.1 Å². The molecule has 1 fully saturated rings. The van der Waals surface area contributed by atoms with E-state index in [1.165, 1.54) is 0 Å². The number of halogens is 1. The molecule has 0 aromatic carbocycles. The maximum absolute atomic E-state index is 12.9. The predicted octanol–water partition coefficient (Wildman–Crippen LogP) is -2.64. The third-order valence-electron chi connectivity index (χ3n) is 1.79. The van der Waals surface area contributed by atoms with Gasteiger partial charge in [0.1, 0.15) is 18.3 Å². The van der Waals surface area contributed by atoms with Gasteiger partial charge in [0, 0.05) is 0 Å². The molecule has 6 heteroatoms. The number of aliphatic hydroxyl groups excluding tert-OH is 3. The molecule has 3 N–H and O–H groups in total. The lowest BCUT2D eigenvalue weighted by atomic mass is 9.90. The molecule has 4 nitrogen and oxygen atoms in total. The summed E-state index contributed by atoms with van der Waals surface area (Å²) < 4.78 is 17.5. The van der Waals surface area contributed by atoms with Crippen LogP contribution in [0, 0.1) is 0 Å². The molecule has 1 aliphatic rings. The number of ether oxygens (including phenoxy) is 1. The molecule has 4 atom stereocenters. The van der Waals surface area contributed by atoms with Gasteiger partial charge in [-0.15, -0.1) is 0 Å². The third-order valence-corrected chi connectivity index (χ3v) is 1.79. The Labute approximate surface area is 64.0 Å². The first-order valence-corrected chi connectivity index (χ1v) is 3.33. The van der Waals surface area contributed by atoms with Crippen molar-refractivity contribution >= 4 is 7.85 Å². The Hall–Kier alpha value is -0.165. The second-order valence-corrected chi connectivity index (χ2v) is 2.76. The second-order valence-electron chi connectivity index (χ2n) is 2.76. The Morgan fingerprint density at radius 3 is 2.27 bits per heavy atom. The lowest BCUT2D eigenvalue weighted by Crippen LogP contribution is -2.39. The van der Waals surface area contributed by atoms with Gasteiger partial charge in [-0.2, -0.15) is 0 Å². The van der Waals surface area contributed by atoms with E-state index in [0.29, 0.717) is 0 Å². The van der Waals surface area contributed by atoms with Crippen molar-refractivity contribution in [2.24, 2.45) is 0 Å². The summed E-state index contributed by atoms with van der Waals surface area (Å²) in [6.45, 7) is -0.502. The monoisotopic (exact) mass is 164 g/mol. The highest BCUT2D eigenvalue weighted by molar-refractivity contribution is 6.14. The summed E-state index contributed by atoms with van der Waals surface area (Å²) in [5.41, 5.74) is 0. The Morgan fingerprint density at radius 1 is 1.55 bits per heavy atom. The minimum absolute atomic E-state index is 0.502. The summed E-state index contributed by atoms with van der Waals surface area (Å²) in [5.74, 6) is -2.26. The summed E-state index contributed by atoms with van der Waals surface area (Å²) >= 11 is 0. The second kappa shape index (κ2) is 2.71. The molecule has 0 saturated carbocycles. The summed E-state index contributed by atoms with van der Waals surface area (Å²) in [6, 6.07) is 0. The molecular weight excluding hydrogens is 154 g/mol. The van der Waals surface area contributed by atoms with Crippen LogP contribution >= 0.6 is 0 Å². The number of hydrogen-bond acceptors (Lipinski definition) is 4. The molecule has 0 aromatic rings. The summed E-state index contributed by atoms with van der Waals surface area (Å²) in [6.07, 6.45) is -3.96. The highest BCUT2D eigenvalue weighted by atomic mass is 19.2. The van der Waals surface area contributed by atoms with Crippen LogP contribution in [0.3, 0.4) is 0 Å². The summed E-state index contributed by atoms with van der Waals surface area (Å²) in [5, 5.41) is 26.5. The fraction of sp³-hybridized carbons (Fsp3) is 1.00. The Morgan fingerprint density at radius 2 is 2.09 bits per heavy atom. The zero-order valence-electron chi connectivity index (χ0n) is 6.07. The van der Waals surface area contributed by atoms with E-state index in [-0.39, 0.29) is 0 Å². The summed E-state index contributed by atoms with van der Waals surface area (Å²) in [7, 11) is 1.01. The van der Waals surface area contributed by atoms with Gasteiger partial charge in [0.05, 0.1) is 6.61 Å². The highest BCUT2D eigenvalue weighted by Crippen LogP contribution is 2.29. The van der Waals surface area contributed by atoms with Crippen molar-refractivity contribution in [3.05, 3.63) is 0 Å². The molecular formula is C5H10BFO4. The molecule has 0 aromatic heterocycles. The first-order chi connectivity index (χ1) is 4.99. The largest absolute Gasteiger partial charge is 0.394 e. The Bertz CT molecular complexity index is 153. The van der Waals surface area contributed by atoms with Crippen LogP contribution in [0.4, 0.5) is 4.39 Å². The molecule has 0 radical (unpaired) electrons. The van der Waals surface area contributed by atoms with Crippen molar-refractivity contribution < 1.29 is 24.4 Å². The summed E-state index contributed by atoms with van der Waals surface area (Å²) in [4.78, 5) is 0. The van der Waals surface area contributed by atoms with Crippen LogP contribution in [0.2, 0.25) is 0 Å². The topological polar surface area (TPSA) is 69.9 Å². The third kappa shape index (κ3) is 1.39. The smallest absolute Gasteiger partial charge is 0.195 e. The Kier molecular flexibility index (Phi) is 2.20. The molecule has 1 rings (SSSR count). The van der Waals surface area contributed by atoms with Gasteiger partial charge in [0.15, 0.2) is 13.6 Å². The Balaban J connectivity index is 2.69. The van der Waals surface area contributed by atoms with E-state index < -0.39 is 30.7 Å². The molecule has 0 amide bonds. The van der Waals surface area contributed by atoms with Crippen molar-refractivity contribution in [3.63, 3.8) is 0 Å². The number of aliphatic hydroxyl groups is 3. The van der Waals surface area contributed by atoms with Gasteiger partial charge in [-0.05, 0) is 0 Å². The van der Waals surface area contributed by atoms with Crippen LogP contribution in [0.25, 0.3) is 0 Å². The van der Waals surface area contributed by atoms with E-state index in [1.807, 2.05) is 0 Å². The van der Waals surface area contributed by atoms with E-state index in [9.17, 15) is 4.39 Å². The maximum Gasteiger partial charge on any atom is 0.195 e. The van der Waals surface area contributed by atoms with Gasteiger partial charge in [-0.3, -0.25) is 0 Å². The first kappa shape index (κ1) is 8.93. The SMILES string of the molecule is B[C@]1(F)O[C@H](CO)C(O)[C@@H]1O. The molecule has 11 heavy (non-hydrogen) atoms. The first-order valence-electron chi connectivity index (χ1n) is 3.33. The van der Waals surface area contributed by atoms with Gasteiger partial charge in [-0.25, -0.2) is 4.39 Å². The van der Waals surface area contributed by atoms with Crippen LogP contribution in [0.5, 0.6) is 0 Å². The van der Waals surface area contributed by atoms with Crippen LogP contribution in [-0.4, -0.2) is 53.8 Å². The minimum atomic E-state index is -2.26. The number of rotatable bonds is 1. The number of hydrogen-bond donors (Lipinski definition) is 3. The highest BCUT2D eigenvalue weighted by Gasteiger charge is 2.50. The van der Waals surface area contributed by atoms with Crippen molar-refractivity contribution in [2.75, 3.05) is 6.61 Å². The fourth-order valence-electron chi connectivity index (χ4n) is 1.09. The number of alkyl halides is 1. The molecule has 0 aliphatic carbocycles. The standard InChI is InChI=1S/C5H10BFO4/c6-5(7)4(10)3(9)2(1-8)11-5/h2-4,8-10H,1,6H2/t2-,3?,4+,5-/m1/s1. The molecule has 64 valence electrons. The fourth-order valence-corrected chi connectivity index (χ4v) is 1.09. The van der Waals surface area contributed by atoms with E-state index in [4.69, 9.17) is 15.3 Å². The minimum Gasteiger partial charge on any atom is -0.394 e. The molecule has 1 saturated heterocycles. The van der Waals surface area contributed by atoms with Crippen LogP contribution in [-0.2, 0) is 4.74 Å². The molecule has 0 spiro atoms. The van der Waals surface area contributed by atoms with E-state index >= 15 is 0 Å². The van der Waals surface area contributed by atoms with Gasteiger partial charge in [0.25, 0.3) is 0 Å².